The van der Waals surface area contributed by atoms with Crippen molar-refractivity contribution < 1.29 is 39.2 Å². The Morgan fingerprint density at radius 3 is 2.40 bits per heavy atom. The molecule has 1 aliphatic heterocycles. The molecule has 4 aliphatic rings. The molecule has 5 rings (SSSR count). The van der Waals surface area contributed by atoms with Gasteiger partial charge in [0.05, 0.1) is 11.6 Å². The molecule has 0 radical (unpaired) electrons. The average molecular weight is 558 g/mol. The number of rotatable bonds is 4. The molecule has 216 valence electrons. The summed E-state index contributed by atoms with van der Waals surface area (Å²) in [6.07, 6.45) is 1.40. The Bertz CT molecular complexity index is 1390. The number of aliphatic hydroxyl groups is 3. The molecule has 1 amide bonds. The Morgan fingerprint density at radius 2 is 1.82 bits per heavy atom. The number of hydrogen-bond acceptors (Lipinski definition) is 9. The van der Waals surface area contributed by atoms with Gasteiger partial charge < -0.3 is 26.2 Å². The van der Waals surface area contributed by atoms with Gasteiger partial charge in [-0.2, -0.15) is 0 Å². The Balaban J connectivity index is 1.66. The zero-order valence-electron chi connectivity index (χ0n) is 23.1. The highest BCUT2D eigenvalue weighted by atomic mass is 19.1. The minimum absolute atomic E-state index is 0.0410. The van der Waals surface area contributed by atoms with E-state index in [1.54, 1.807) is 4.90 Å². The maximum atomic E-state index is 15.9. The SMILES string of the molecule is CN(Cc1cc(O)c2c(c1F)C[C@H]1C[C@H]3[C@H](N4CCCC4)C(=O)C(C(N)=O)=C(O)[C@@]3(O)C(=O)C1=C2O)C(C)(C)C. The highest BCUT2D eigenvalue weighted by Gasteiger charge is 2.64. The number of Topliss-reactive ketones (excluding diaryl/α,β-unsaturated/α-hetero) is 2. The Labute approximate surface area is 231 Å². The van der Waals surface area contributed by atoms with Crippen LogP contribution in [0.2, 0.25) is 0 Å². The Kier molecular flexibility index (Phi) is 6.63. The number of primary amides is 1. The predicted molar refractivity (Wildman–Crippen MR) is 143 cm³/mol. The maximum Gasteiger partial charge on any atom is 0.255 e. The van der Waals surface area contributed by atoms with Gasteiger partial charge in [-0.05, 0) is 78.6 Å². The lowest BCUT2D eigenvalue weighted by Crippen LogP contribution is -2.66. The molecule has 1 saturated heterocycles. The number of carbonyl (C=O) groups is 3. The monoisotopic (exact) mass is 557 g/mol. The molecule has 1 aromatic rings. The molecule has 40 heavy (non-hydrogen) atoms. The zero-order valence-corrected chi connectivity index (χ0v) is 23.1. The molecule has 0 aromatic heterocycles. The van der Waals surface area contributed by atoms with Crippen LogP contribution >= 0.6 is 0 Å². The number of aliphatic hydroxyl groups excluding tert-OH is 2. The fraction of sp³-hybridized carbons (Fsp3) is 0.552. The van der Waals surface area contributed by atoms with Crippen molar-refractivity contribution in [2.24, 2.45) is 17.6 Å². The highest BCUT2D eigenvalue weighted by molar-refractivity contribution is 6.24. The van der Waals surface area contributed by atoms with Gasteiger partial charge in [0.15, 0.2) is 11.4 Å². The van der Waals surface area contributed by atoms with Crippen molar-refractivity contribution in [3.8, 4) is 5.75 Å². The number of carbonyl (C=O) groups excluding carboxylic acids is 3. The van der Waals surface area contributed by atoms with E-state index >= 15 is 4.39 Å². The Hall–Kier alpha value is -3.28. The van der Waals surface area contributed by atoms with Crippen LogP contribution < -0.4 is 5.73 Å². The van der Waals surface area contributed by atoms with E-state index in [0.29, 0.717) is 13.1 Å². The summed E-state index contributed by atoms with van der Waals surface area (Å²) in [6.45, 7) is 7.05. The van der Waals surface area contributed by atoms with Crippen LogP contribution in [0.5, 0.6) is 5.75 Å². The molecular formula is C29H36FN3O7. The second kappa shape index (κ2) is 9.39. The van der Waals surface area contributed by atoms with E-state index in [-0.39, 0.29) is 47.2 Å². The largest absolute Gasteiger partial charge is 0.508 e. The molecule has 2 fully saturated rings. The second-order valence-corrected chi connectivity index (χ2v) is 12.5. The summed E-state index contributed by atoms with van der Waals surface area (Å²) >= 11 is 0. The molecule has 3 aliphatic carbocycles. The van der Waals surface area contributed by atoms with Crippen LogP contribution in [-0.4, -0.2) is 85.0 Å². The van der Waals surface area contributed by atoms with E-state index < -0.39 is 69.6 Å². The third-order valence-corrected chi connectivity index (χ3v) is 9.26. The number of fused-ring (bicyclic) bond motifs is 3. The first-order valence-electron chi connectivity index (χ1n) is 13.6. The van der Waals surface area contributed by atoms with Crippen LogP contribution in [0.1, 0.15) is 56.7 Å². The van der Waals surface area contributed by atoms with E-state index in [0.717, 1.165) is 12.8 Å². The lowest BCUT2D eigenvalue weighted by Gasteiger charge is -2.50. The van der Waals surface area contributed by atoms with Crippen molar-refractivity contribution in [3.05, 3.63) is 45.5 Å². The van der Waals surface area contributed by atoms with Crippen LogP contribution in [0.3, 0.4) is 0 Å². The van der Waals surface area contributed by atoms with Gasteiger partial charge in [0, 0.05) is 34.7 Å². The van der Waals surface area contributed by atoms with Crippen molar-refractivity contribution in [2.75, 3.05) is 20.1 Å². The Morgan fingerprint density at radius 1 is 1.20 bits per heavy atom. The van der Waals surface area contributed by atoms with Gasteiger partial charge >= 0.3 is 0 Å². The molecule has 0 unspecified atom stereocenters. The molecule has 4 atom stereocenters. The summed E-state index contributed by atoms with van der Waals surface area (Å²) in [6, 6.07) is 0.105. The molecule has 0 spiro atoms. The highest BCUT2D eigenvalue weighted by Crippen LogP contribution is 2.53. The number of phenolic OH excluding ortho intramolecular Hbond substituents is 1. The van der Waals surface area contributed by atoms with Crippen LogP contribution in [0.15, 0.2) is 23.0 Å². The molecule has 0 bridgehead atoms. The quantitative estimate of drug-likeness (QED) is 0.348. The van der Waals surface area contributed by atoms with Gasteiger partial charge in [0.1, 0.15) is 28.7 Å². The molecule has 1 aromatic carbocycles. The predicted octanol–water partition coefficient (Wildman–Crippen LogP) is 1.87. The minimum Gasteiger partial charge on any atom is -0.508 e. The number of aromatic hydroxyl groups is 1. The van der Waals surface area contributed by atoms with Crippen molar-refractivity contribution in [1.82, 2.24) is 9.80 Å². The second-order valence-electron chi connectivity index (χ2n) is 12.5. The van der Waals surface area contributed by atoms with Gasteiger partial charge in [-0.3, -0.25) is 24.2 Å². The van der Waals surface area contributed by atoms with Crippen molar-refractivity contribution >= 4 is 23.2 Å². The number of nitrogens with zero attached hydrogens (tertiary/aromatic N) is 2. The summed E-state index contributed by atoms with van der Waals surface area (Å²) in [4.78, 5) is 43.4. The van der Waals surface area contributed by atoms with Crippen molar-refractivity contribution in [1.29, 1.82) is 0 Å². The number of likely N-dealkylation sites (tertiary alicyclic amines) is 1. The first kappa shape index (κ1) is 28.3. The van der Waals surface area contributed by atoms with Gasteiger partial charge in [-0.1, -0.05) is 0 Å². The third-order valence-electron chi connectivity index (χ3n) is 9.26. The molecule has 1 saturated carbocycles. The minimum atomic E-state index is -2.70. The normalized spacial score (nSPS) is 29.1. The smallest absolute Gasteiger partial charge is 0.255 e. The maximum absolute atomic E-state index is 15.9. The van der Waals surface area contributed by atoms with E-state index in [9.17, 15) is 34.8 Å². The first-order valence-corrected chi connectivity index (χ1v) is 13.6. The zero-order chi connectivity index (χ0) is 29.5. The number of halogens is 1. The molecule has 11 heteroatoms. The fourth-order valence-electron chi connectivity index (χ4n) is 6.80. The molecule has 10 nitrogen and oxygen atoms in total. The number of hydrogen-bond donors (Lipinski definition) is 5. The lowest BCUT2D eigenvalue weighted by molar-refractivity contribution is -0.154. The van der Waals surface area contributed by atoms with Crippen LogP contribution in [-0.2, 0) is 27.3 Å². The van der Waals surface area contributed by atoms with Crippen LogP contribution in [0, 0.1) is 17.7 Å². The van der Waals surface area contributed by atoms with Gasteiger partial charge in [0.25, 0.3) is 5.91 Å². The van der Waals surface area contributed by atoms with Crippen LogP contribution in [0.4, 0.5) is 4.39 Å². The molecule has 6 N–H and O–H groups in total. The number of phenols is 1. The molecule has 1 heterocycles. The lowest BCUT2D eigenvalue weighted by atomic mass is 9.57. The third kappa shape index (κ3) is 3.97. The van der Waals surface area contributed by atoms with E-state index in [1.807, 2.05) is 32.7 Å². The number of ketones is 2. The number of nitrogens with two attached hydrogens (primary N) is 1. The van der Waals surface area contributed by atoms with Crippen molar-refractivity contribution in [2.45, 2.75) is 70.2 Å². The summed E-state index contributed by atoms with van der Waals surface area (Å²) in [5.74, 6) is -7.97. The summed E-state index contributed by atoms with van der Waals surface area (Å²) in [7, 11) is 1.82. The van der Waals surface area contributed by atoms with E-state index in [1.165, 1.54) is 6.07 Å². The summed E-state index contributed by atoms with van der Waals surface area (Å²) in [5, 5.41) is 45.0. The summed E-state index contributed by atoms with van der Waals surface area (Å²) < 4.78 is 15.9. The standard InChI is InChI=1S/C29H36FN3O7/c1-28(2,3)32(4)12-14-11-17(34)19-15(21(14)30)9-13-10-16-22(33-7-5-6-8-33)24(36)20(27(31)39)26(38)29(16,40)25(37)18(13)23(19)35/h11,13,16,22,34-35,38,40H,5-10,12H2,1-4H3,(H2,31,39)/t13-,16-,22-,29-/m0/s1. The fourth-order valence-corrected chi connectivity index (χ4v) is 6.80. The van der Waals surface area contributed by atoms with Gasteiger partial charge in [-0.25, -0.2) is 4.39 Å². The summed E-state index contributed by atoms with van der Waals surface area (Å²) in [5.41, 5.74) is 1.32. The van der Waals surface area contributed by atoms with Gasteiger partial charge in [-0.15, -0.1) is 0 Å². The van der Waals surface area contributed by atoms with Crippen LogP contribution in [0.25, 0.3) is 5.76 Å². The van der Waals surface area contributed by atoms with E-state index in [4.69, 9.17) is 5.73 Å². The topological polar surface area (TPSA) is 165 Å². The first-order chi connectivity index (χ1) is 18.6. The van der Waals surface area contributed by atoms with Crippen molar-refractivity contribution in [3.63, 3.8) is 0 Å². The number of amides is 1. The number of benzene rings is 1. The van der Waals surface area contributed by atoms with Gasteiger partial charge in [0.2, 0.25) is 5.78 Å². The van der Waals surface area contributed by atoms with E-state index in [2.05, 4.69) is 0 Å². The average Bonchev–Trinajstić information content (AvgIpc) is 3.38. The molecular weight excluding hydrogens is 521 g/mol.